The van der Waals surface area contributed by atoms with Gasteiger partial charge in [-0.3, -0.25) is 4.98 Å². The number of aromatic nitrogens is 3. The van der Waals surface area contributed by atoms with E-state index in [0.717, 1.165) is 48.0 Å². The van der Waals surface area contributed by atoms with E-state index in [-0.39, 0.29) is 12.3 Å². The van der Waals surface area contributed by atoms with Gasteiger partial charge in [0.25, 0.3) is 0 Å². The van der Waals surface area contributed by atoms with Crippen LogP contribution < -0.4 is 20.5 Å². The largest absolute Gasteiger partial charge is 0.490 e. The Labute approximate surface area is 180 Å². The fourth-order valence-electron chi connectivity index (χ4n) is 3.73. The number of carbonyl (C=O) groups excluding carboxylic acids is 2. The van der Waals surface area contributed by atoms with Crippen LogP contribution in [0, 0.1) is 6.92 Å². The van der Waals surface area contributed by atoms with Crippen LogP contribution in [0.25, 0.3) is 10.9 Å². The molecule has 0 radical (unpaired) electrons. The van der Waals surface area contributed by atoms with Crippen molar-refractivity contribution < 1.29 is 19.1 Å². The maximum Gasteiger partial charge on any atom is 0.373 e. The molecule has 9 nitrogen and oxygen atoms in total. The molecule has 3 aromatic rings. The molecule has 1 fully saturated rings. The van der Waals surface area contributed by atoms with Gasteiger partial charge in [0.15, 0.2) is 0 Å². The fraction of sp³-hybridized carbons (Fsp3) is 0.364. The zero-order valence-electron chi connectivity index (χ0n) is 17.5. The second-order valence-electron chi connectivity index (χ2n) is 7.24. The van der Waals surface area contributed by atoms with Crippen molar-refractivity contribution >= 4 is 28.7 Å². The number of nitrogens with one attached hydrogen (secondary N) is 1. The highest BCUT2D eigenvalue weighted by molar-refractivity contribution is 5.95. The normalized spacial score (nSPS) is 17.7. The summed E-state index contributed by atoms with van der Waals surface area (Å²) in [5.41, 5.74) is 8.74. The number of hydrogen-bond acceptors (Lipinski definition) is 9. The summed E-state index contributed by atoms with van der Waals surface area (Å²) < 4.78 is 11.5. The van der Waals surface area contributed by atoms with E-state index >= 15 is 0 Å². The number of methoxy groups -OCH3 is 1. The van der Waals surface area contributed by atoms with Crippen molar-refractivity contribution in [1.29, 1.82) is 0 Å². The Balaban J connectivity index is 0.000000858. The van der Waals surface area contributed by atoms with Crippen LogP contribution in [0.5, 0.6) is 11.6 Å². The molecule has 2 aromatic heterocycles. The lowest BCUT2D eigenvalue weighted by Crippen LogP contribution is -2.31. The van der Waals surface area contributed by atoms with Crippen molar-refractivity contribution in [2.75, 3.05) is 18.2 Å². The van der Waals surface area contributed by atoms with Gasteiger partial charge in [0.05, 0.1) is 24.1 Å². The molecule has 1 saturated carbocycles. The van der Waals surface area contributed by atoms with Gasteiger partial charge in [-0.25, -0.2) is 4.98 Å². The molecule has 0 amide bonds. The van der Waals surface area contributed by atoms with E-state index in [1.807, 2.05) is 31.2 Å². The predicted molar refractivity (Wildman–Crippen MR) is 115 cm³/mol. The van der Waals surface area contributed by atoms with E-state index in [4.69, 9.17) is 24.8 Å². The molecular weight excluding hydrogens is 398 g/mol. The molecule has 3 N–H and O–H groups in total. The number of fused-ring (bicyclic) bond motifs is 1. The lowest BCUT2D eigenvalue weighted by atomic mass is 9.93. The van der Waals surface area contributed by atoms with Gasteiger partial charge in [-0.1, -0.05) is 6.07 Å². The molecule has 0 spiro atoms. The van der Waals surface area contributed by atoms with Crippen LogP contribution in [0.3, 0.4) is 0 Å². The number of rotatable bonds is 5. The van der Waals surface area contributed by atoms with E-state index in [1.54, 1.807) is 19.4 Å². The van der Waals surface area contributed by atoms with Crippen LogP contribution >= 0.6 is 0 Å². The highest BCUT2D eigenvalue weighted by atomic mass is 16.5. The second kappa shape index (κ2) is 10.4. The quantitative estimate of drug-likeness (QED) is 0.635. The number of nitrogens with zero attached hydrogens (tertiary/aromatic N) is 3. The molecule has 162 valence electrons. The lowest BCUT2D eigenvalue weighted by Gasteiger charge is -2.30. The number of nitrogen functional groups attached to an aromatic ring is 1. The average molecular weight is 423 g/mol. The number of anilines is 2. The summed E-state index contributed by atoms with van der Waals surface area (Å²) in [6, 6.07) is 9.88. The first-order valence-electron chi connectivity index (χ1n) is 9.99. The Bertz CT molecular complexity index is 1060. The third kappa shape index (κ3) is 5.67. The van der Waals surface area contributed by atoms with Crippen LogP contribution in [0.2, 0.25) is 0 Å². The molecule has 9 heteroatoms. The summed E-state index contributed by atoms with van der Waals surface area (Å²) >= 11 is 0. The molecule has 0 unspecified atom stereocenters. The number of benzene rings is 1. The molecule has 4 rings (SSSR count). The number of pyridine rings is 1. The van der Waals surface area contributed by atoms with Gasteiger partial charge in [0.1, 0.15) is 5.75 Å². The lowest BCUT2D eigenvalue weighted by molar-refractivity contribution is -0.191. The highest BCUT2D eigenvalue weighted by Crippen LogP contribution is 2.33. The van der Waals surface area contributed by atoms with E-state index in [9.17, 15) is 0 Å². The summed E-state index contributed by atoms with van der Waals surface area (Å²) in [5, 5.41) is 4.30. The fourth-order valence-corrected chi connectivity index (χ4v) is 3.73. The minimum absolute atomic E-state index is 0.163. The summed E-state index contributed by atoms with van der Waals surface area (Å²) in [6.45, 7) is 1.95. The number of nitrogens with two attached hydrogens (primary N) is 1. The van der Waals surface area contributed by atoms with Crippen LogP contribution in [-0.4, -0.2) is 40.4 Å². The minimum atomic E-state index is 0.163. The third-order valence-electron chi connectivity index (χ3n) is 5.09. The maximum atomic E-state index is 8.12. The molecule has 0 saturated heterocycles. The third-order valence-corrected chi connectivity index (χ3v) is 5.09. The van der Waals surface area contributed by atoms with Gasteiger partial charge >= 0.3 is 6.15 Å². The maximum absolute atomic E-state index is 8.12. The predicted octanol–water partition coefficient (Wildman–Crippen LogP) is 3.14. The molecule has 1 aliphatic rings. The van der Waals surface area contributed by atoms with Crippen molar-refractivity contribution in [3.05, 3.63) is 42.2 Å². The molecule has 1 aliphatic carbocycles. The van der Waals surface area contributed by atoms with Crippen LogP contribution in [0.4, 0.5) is 11.6 Å². The van der Waals surface area contributed by atoms with E-state index < -0.39 is 0 Å². The molecule has 0 bridgehead atoms. The van der Waals surface area contributed by atoms with Gasteiger partial charge < -0.3 is 20.5 Å². The Morgan fingerprint density at radius 3 is 2.58 bits per heavy atom. The molecule has 2 heterocycles. The average Bonchev–Trinajstić information content (AvgIpc) is 2.75. The smallest absolute Gasteiger partial charge is 0.373 e. The summed E-state index contributed by atoms with van der Waals surface area (Å²) in [6.07, 6.45) is 6.00. The number of ether oxygens (including phenoxy) is 2. The van der Waals surface area contributed by atoms with Crippen molar-refractivity contribution in [2.45, 2.75) is 44.8 Å². The molecule has 1 aromatic carbocycles. The van der Waals surface area contributed by atoms with Gasteiger partial charge in [-0.15, -0.1) is 0 Å². The monoisotopic (exact) mass is 423 g/mol. The highest BCUT2D eigenvalue weighted by Gasteiger charge is 2.24. The van der Waals surface area contributed by atoms with Crippen molar-refractivity contribution in [3.8, 4) is 11.6 Å². The van der Waals surface area contributed by atoms with Crippen molar-refractivity contribution in [3.63, 3.8) is 0 Å². The molecule has 0 atom stereocenters. The first kappa shape index (κ1) is 22.0. The first-order chi connectivity index (χ1) is 15.0. The number of hydrogen-bond donors (Lipinski definition) is 2. The van der Waals surface area contributed by atoms with Gasteiger partial charge in [0.2, 0.25) is 11.8 Å². The van der Waals surface area contributed by atoms with Crippen LogP contribution in [0.15, 0.2) is 36.5 Å². The zero-order valence-corrected chi connectivity index (χ0v) is 17.5. The van der Waals surface area contributed by atoms with Crippen molar-refractivity contribution in [2.24, 2.45) is 0 Å². The van der Waals surface area contributed by atoms with E-state index in [1.165, 1.54) is 0 Å². The molecule has 0 aliphatic heterocycles. The van der Waals surface area contributed by atoms with Crippen LogP contribution in [0.1, 0.15) is 31.4 Å². The standard InChI is InChI=1S/C21H25N5O2.CO2/c1-13-12-16(22)20-17(24-13)4-3-5-18(20)28-15-8-6-14(7-9-15)25-21-23-11-10-19(26-21)27-2;2-1-3/h3-5,10-12,14-15H,6-9H2,1-2H3,(H2,22,24)(H,23,25,26);. The second-order valence-corrected chi connectivity index (χ2v) is 7.24. The first-order valence-corrected chi connectivity index (χ1v) is 9.99. The molecule has 31 heavy (non-hydrogen) atoms. The van der Waals surface area contributed by atoms with Crippen molar-refractivity contribution in [1.82, 2.24) is 15.0 Å². The SMILES string of the molecule is COc1ccnc(NC2CCC(Oc3cccc4nc(C)cc(N)c34)CC2)n1.O=C=O. The molecular formula is C22H25N5O4. The van der Waals surface area contributed by atoms with Gasteiger partial charge in [-0.2, -0.15) is 14.6 Å². The van der Waals surface area contributed by atoms with Crippen LogP contribution in [-0.2, 0) is 9.59 Å². The van der Waals surface area contributed by atoms with E-state index in [0.29, 0.717) is 23.6 Å². The Morgan fingerprint density at radius 2 is 1.87 bits per heavy atom. The summed E-state index contributed by atoms with van der Waals surface area (Å²) in [4.78, 5) is 29.4. The topological polar surface area (TPSA) is 129 Å². The Morgan fingerprint density at radius 1 is 1.13 bits per heavy atom. The minimum Gasteiger partial charge on any atom is -0.490 e. The summed E-state index contributed by atoms with van der Waals surface area (Å²) in [7, 11) is 1.60. The Hall–Kier alpha value is -3.71. The number of aryl methyl sites for hydroxylation is 1. The summed E-state index contributed by atoms with van der Waals surface area (Å²) in [5.74, 6) is 1.98. The van der Waals surface area contributed by atoms with Gasteiger partial charge in [0, 0.05) is 29.7 Å². The van der Waals surface area contributed by atoms with E-state index in [2.05, 4.69) is 20.3 Å². The van der Waals surface area contributed by atoms with Gasteiger partial charge in [-0.05, 0) is 50.8 Å². The Kier molecular flexibility index (Phi) is 7.35. The zero-order chi connectivity index (χ0) is 22.2.